The molecule has 1 aliphatic rings. The highest BCUT2D eigenvalue weighted by Crippen LogP contribution is 2.23. The van der Waals surface area contributed by atoms with Crippen LogP contribution in [-0.4, -0.2) is 25.2 Å². The summed E-state index contributed by atoms with van der Waals surface area (Å²) in [5.41, 5.74) is 2.16. The van der Waals surface area contributed by atoms with Gasteiger partial charge in [0.2, 0.25) is 0 Å². The number of nitrogens with one attached hydrogen (secondary N) is 2. The lowest BCUT2D eigenvalue weighted by Crippen LogP contribution is -2.47. The quantitative estimate of drug-likeness (QED) is 0.904. The molecule has 1 aliphatic heterocycles. The van der Waals surface area contributed by atoms with Crippen molar-refractivity contribution in [2.24, 2.45) is 0 Å². The Kier molecular flexibility index (Phi) is 5.03. The summed E-state index contributed by atoms with van der Waals surface area (Å²) >= 11 is 6.10. The monoisotopic (exact) mass is 330 g/mol. The summed E-state index contributed by atoms with van der Waals surface area (Å²) in [4.78, 5) is 12.0. The van der Waals surface area contributed by atoms with Crippen molar-refractivity contribution < 1.29 is 9.53 Å². The maximum Gasteiger partial charge on any atom is 0.315 e. The van der Waals surface area contributed by atoms with Crippen LogP contribution in [0.2, 0.25) is 5.02 Å². The van der Waals surface area contributed by atoms with Gasteiger partial charge in [-0.1, -0.05) is 48.0 Å². The molecule has 1 heterocycles. The summed E-state index contributed by atoms with van der Waals surface area (Å²) in [6.45, 7) is 1.04. The van der Waals surface area contributed by atoms with Crippen LogP contribution < -0.4 is 15.4 Å². The molecule has 120 valence electrons. The number of fused-ring (bicyclic) bond motifs is 1. The zero-order valence-corrected chi connectivity index (χ0v) is 13.5. The van der Waals surface area contributed by atoms with Crippen LogP contribution in [0, 0.1) is 0 Å². The summed E-state index contributed by atoms with van der Waals surface area (Å²) in [5.74, 6) is 0.907. The van der Waals surface area contributed by atoms with Crippen LogP contribution in [0.3, 0.4) is 0 Å². The Morgan fingerprint density at radius 1 is 1.17 bits per heavy atom. The Labute approximate surface area is 140 Å². The number of hydrogen-bond donors (Lipinski definition) is 2. The van der Waals surface area contributed by atoms with E-state index >= 15 is 0 Å². The van der Waals surface area contributed by atoms with Gasteiger partial charge in [0.05, 0.1) is 6.04 Å². The van der Waals surface area contributed by atoms with Gasteiger partial charge in [0.15, 0.2) is 0 Å². The summed E-state index contributed by atoms with van der Waals surface area (Å²) in [7, 11) is 0. The van der Waals surface area contributed by atoms with E-state index in [4.69, 9.17) is 16.3 Å². The number of ether oxygens (including phenoxy) is 1. The van der Waals surface area contributed by atoms with Crippen molar-refractivity contribution in [2.75, 3.05) is 13.2 Å². The van der Waals surface area contributed by atoms with E-state index in [1.165, 1.54) is 0 Å². The number of amides is 2. The molecule has 0 bridgehead atoms. The van der Waals surface area contributed by atoms with Gasteiger partial charge in [-0.15, -0.1) is 0 Å². The molecule has 0 spiro atoms. The number of benzene rings is 2. The molecule has 0 fully saturated rings. The van der Waals surface area contributed by atoms with Crippen LogP contribution in [-0.2, 0) is 12.8 Å². The summed E-state index contributed by atoms with van der Waals surface area (Å²) in [6, 6.07) is 15.4. The van der Waals surface area contributed by atoms with E-state index in [0.717, 1.165) is 28.3 Å². The minimum absolute atomic E-state index is 0.00906. The van der Waals surface area contributed by atoms with Crippen LogP contribution in [0.15, 0.2) is 48.5 Å². The maximum absolute atomic E-state index is 12.0. The van der Waals surface area contributed by atoms with Gasteiger partial charge in [0, 0.05) is 11.6 Å². The highest BCUT2D eigenvalue weighted by atomic mass is 35.5. The van der Waals surface area contributed by atoms with E-state index in [1.807, 2.05) is 48.5 Å². The number of halogens is 1. The van der Waals surface area contributed by atoms with Gasteiger partial charge >= 0.3 is 6.03 Å². The van der Waals surface area contributed by atoms with Crippen molar-refractivity contribution >= 4 is 17.6 Å². The Morgan fingerprint density at radius 3 is 2.83 bits per heavy atom. The van der Waals surface area contributed by atoms with Crippen molar-refractivity contribution in [3.05, 3.63) is 64.7 Å². The number of hydrogen-bond acceptors (Lipinski definition) is 2. The van der Waals surface area contributed by atoms with Gasteiger partial charge in [-0.2, -0.15) is 0 Å². The zero-order chi connectivity index (χ0) is 16.1. The molecule has 4 nitrogen and oxygen atoms in total. The Hall–Kier alpha value is -2.20. The average Bonchev–Trinajstić information content (AvgIpc) is 2.56. The highest BCUT2D eigenvalue weighted by Gasteiger charge is 2.20. The SMILES string of the molecule is O=C(NCCc1ccccc1Cl)NC1COc2ccccc2C1. The molecule has 0 aromatic heterocycles. The first kappa shape index (κ1) is 15.7. The fourth-order valence-corrected chi connectivity index (χ4v) is 2.90. The predicted molar refractivity (Wildman–Crippen MR) is 91.1 cm³/mol. The maximum atomic E-state index is 12.0. The molecule has 1 unspecified atom stereocenters. The van der Waals surface area contributed by atoms with E-state index in [0.29, 0.717) is 19.6 Å². The van der Waals surface area contributed by atoms with Crippen molar-refractivity contribution in [1.82, 2.24) is 10.6 Å². The number of carbonyl (C=O) groups excluding carboxylic acids is 1. The predicted octanol–water partition coefficient (Wildman–Crippen LogP) is 3.19. The van der Waals surface area contributed by atoms with E-state index in [1.54, 1.807) is 0 Å². The summed E-state index contributed by atoms with van der Waals surface area (Å²) < 4.78 is 5.67. The van der Waals surface area contributed by atoms with Crippen LogP contribution in [0.5, 0.6) is 5.75 Å². The lowest BCUT2D eigenvalue weighted by molar-refractivity contribution is 0.214. The lowest BCUT2D eigenvalue weighted by Gasteiger charge is -2.26. The number of para-hydroxylation sites is 1. The van der Waals surface area contributed by atoms with Gasteiger partial charge in [-0.3, -0.25) is 0 Å². The third-order valence-electron chi connectivity index (χ3n) is 3.85. The van der Waals surface area contributed by atoms with Gasteiger partial charge in [-0.25, -0.2) is 4.79 Å². The first-order valence-electron chi connectivity index (χ1n) is 7.71. The lowest BCUT2D eigenvalue weighted by atomic mass is 10.0. The molecule has 0 saturated carbocycles. The number of rotatable bonds is 4. The molecule has 0 saturated heterocycles. The standard InChI is InChI=1S/C18H19ClN2O2/c19-16-7-3-1-5-13(16)9-10-20-18(22)21-15-11-14-6-2-4-8-17(14)23-12-15/h1-8,15H,9-12H2,(H2,20,21,22). The second-order valence-corrected chi connectivity index (χ2v) is 5.97. The van der Waals surface area contributed by atoms with E-state index < -0.39 is 0 Å². The van der Waals surface area contributed by atoms with Crippen LogP contribution in [0.25, 0.3) is 0 Å². The Morgan fingerprint density at radius 2 is 1.96 bits per heavy atom. The average molecular weight is 331 g/mol. The summed E-state index contributed by atoms with van der Waals surface area (Å²) in [5, 5.41) is 6.55. The molecule has 0 radical (unpaired) electrons. The van der Waals surface area contributed by atoms with Crippen LogP contribution in [0.4, 0.5) is 4.79 Å². The molecule has 2 aromatic rings. The second-order valence-electron chi connectivity index (χ2n) is 5.56. The van der Waals surface area contributed by atoms with Crippen molar-refractivity contribution in [1.29, 1.82) is 0 Å². The van der Waals surface area contributed by atoms with Gasteiger partial charge in [-0.05, 0) is 36.1 Å². The van der Waals surface area contributed by atoms with Gasteiger partial charge < -0.3 is 15.4 Å². The molecular weight excluding hydrogens is 312 g/mol. The van der Waals surface area contributed by atoms with E-state index in [9.17, 15) is 4.79 Å². The summed E-state index contributed by atoms with van der Waals surface area (Å²) in [6.07, 6.45) is 1.49. The molecule has 2 aromatic carbocycles. The fourth-order valence-electron chi connectivity index (χ4n) is 2.67. The third kappa shape index (κ3) is 4.17. The Balaban J connectivity index is 1.44. The number of urea groups is 1. The third-order valence-corrected chi connectivity index (χ3v) is 4.22. The smallest absolute Gasteiger partial charge is 0.315 e. The molecule has 0 aliphatic carbocycles. The molecule has 5 heteroatoms. The minimum atomic E-state index is -0.176. The van der Waals surface area contributed by atoms with Gasteiger partial charge in [0.1, 0.15) is 12.4 Å². The second kappa shape index (κ2) is 7.38. The van der Waals surface area contributed by atoms with Gasteiger partial charge in [0.25, 0.3) is 0 Å². The van der Waals surface area contributed by atoms with Crippen molar-refractivity contribution in [3.63, 3.8) is 0 Å². The Bertz CT molecular complexity index is 690. The fraction of sp³-hybridized carbons (Fsp3) is 0.278. The normalized spacial score (nSPS) is 16.1. The first-order chi connectivity index (χ1) is 11.2. The van der Waals surface area contributed by atoms with Crippen molar-refractivity contribution in [3.8, 4) is 5.75 Å². The zero-order valence-electron chi connectivity index (χ0n) is 12.7. The largest absolute Gasteiger partial charge is 0.491 e. The van der Waals surface area contributed by atoms with Crippen LogP contribution in [0.1, 0.15) is 11.1 Å². The molecule has 23 heavy (non-hydrogen) atoms. The van der Waals surface area contributed by atoms with E-state index in [-0.39, 0.29) is 12.1 Å². The van der Waals surface area contributed by atoms with Crippen LogP contribution >= 0.6 is 11.6 Å². The molecule has 2 N–H and O–H groups in total. The van der Waals surface area contributed by atoms with Crippen molar-refractivity contribution in [2.45, 2.75) is 18.9 Å². The molecular formula is C18H19ClN2O2. The first-order valence-corrected chi connectivity index (χ1v) is 8.08. The number of carbonyl (C=O) groups is 1. The molecule has 3 rings (SSSR count). The molecule has 2 amide bonds. The van der Waals surface area contributed by atoms with E-state index in [2.05, 4.69) is 10.6 Å². The minimum Gasteiger partial charge on any atom is -0.491 e. The molecule has 1 atom stereocenters. The highest BCUT2D eigenvalue weighted by molar-refractivity contribution is 6.31. The topological polar surface area (TPSA) is 50.4 Å².